The van der Waals surface area contributed by atoms with Gasteiger partial charge in [-0.25, -0.2) is 4.39 Å². The number of rotatable bonds is 2. The lowest BCUT2D eigenvalue weighted by molar-refractivity contribution is 0.224. The Morgan fingerprint density at radius 1 is 1.31 bits per heavy atom. The number of benzene rings is 1. The first-order chi connectivity index (χ1) is 7.58. The molecule has 0 radical (unpaired) electrons. The van der Waals surface area contributed by atoms with E-state index in [2.05, 4.69) is 15.9 Å². The highest BCUT2D eigenvalue weighted by Crippen LogP contribution is 2.31. The minimum Gasteiger partial charge on any atom is -0.383 e. The van der Waals surface area contributed by atoms with Crippen LogP contribution in [0, 0.1) is 12.7 Å². The lowest BCUT2D eigenvalue weighted by Crippen LogP contribution is -1.98. The maximum atomic E-state index is 13.1. The largest absolute Gasteiger partial charge is 0.383 e. The third-order valence-corrected chi connectivity index (χ3v) is 4.04. The van der Waals surface area contributed by atoms with E-state index in [4.69, 9.17) is 0 Å². The summed E-state index contributed by atoms with van der Waals surface area (Å²) in [4.78, 5) is 0.845. The molecule has 84 valence electrons. The van der Waals surface area contributed by atoms with Crippen molar-refractivity contribution in [2.75, 3.05) is 0 Å². The van der Waals surface area contributed by atoms with Gasteiger partial charge in [0.25, 0.3) is 0 Å². The molecule has 1 N–H and O–H groups in total. The third-order valence-electron chi connectivity index (χ3n) is 2.36. The molecule has 0 fully saturated rings. The van der Waals surface area contributed by atoms with Crippen molar-refractivity contribution in [2.24, 2.45) is 0 Å². The fourth-order valence-corrected chi connectivity index (χ4v) is 2.92. The summed E-state index contributed by atoms with van der Waals surface area (Å²) in [7, 11) is 0. The van der Waals surface area contributed by atoms with E-state index in [0.29, 0.717) is 11.1 Å². The molecular weight excluding hydrogens is 291 g/mol. The third kappa shape index (κ3) is 2.34. The Kier molecular flexibility index (Phi) is 3.42. The van der Waals surface area contributed by atoms with Crippen molar-refractivity contribution in [3.05, 3.63) is 55.9 Å². The van der Waals surface area contributed by atoms with Crippen molar-refractivity contribution < 1.29 is 9.50 Å². The number of thiophene rings is 1. The van der Waals surface area contributed by atoms with E-state index in [-0.39, 0.29) is 5.82 Å². The van der Waals surface area contributed by atoms with E-state index >= 15 is 0 Å². The molecule has 0 bridgehead atoms. The molecule has 1 nitrogen and oxygen atoms in total. The van der Waals surface area contributed by atoms with Crippen molar-refractivity contribution in [3.8, 4) is 0 Å². The maximum Gasteiger partial charge on any atom is 0.126 e. The Labute approximate surface area is 106 Å². The normalized spacial score (nSPS) is 12.8. The molecule has 1 aromatic heterocycles. The molecule has 1 aromatic carbocycles. The lowest BCUT2D eigenvalue weighted by atomic mass is 10.1. The molecule has 2 rings (SSSR count). The number of aliphatic hydroxyl groups is 1. The molecule has 0 aliphatic carbocycles. The van der Waals surface area contributed by atoms with Gasteiger partial charge in [0.2, 0.25) is 0 Å². The van der Waals surface area contributed by atoms with Crippen molar-refractivity contribution in [3.63, 3.8) is 0 Å². The van der Waals surface area contributed by atoms with E-state index in [1.165, 1.54) is 17.4 Å². The van der Waals surface area contributed by atoms with E-state index in [9.17, 15) is 9.50 Å². The first-order valence-electron chi connectivity index (χ1n) is 4.77. The van der Waals surface area contributed by atoms with Gasteiger partial charge in [-0.05, 0) is 52.2 Å². The van der Waals surface area contributed by atoms with E-state index < -0.39 is 6.10 Å². The number of aryl methyl sites for hydroxylation is 1. The van der Waals surface area contributed by atoms with Gasteiger partial charge in [0, 0.05) is 4.88 Å². The molecule has 0 saturated carbocycles. The molecule has 0 spiro atoms. The van der Waals surface area contributed by atoms with Gasteiger partial charge in [0.15, 0.2) is 0 Å². The minimum atomic E-state index is -0.685. The summed E-state index contributed by atoms with van der Waals surface area (Å²) >= 11 is 4.82. The zero-order chi connectivity index (χ0) is 11.7. The fraction of sp³-hybridized carbons (Fsp3) is 0.167. The van der Waals surface area contributed by atoms with E-state index in [1.807, 2.05) is 12.1 Å². The number of hydrogen-bond donors (Lipinski definition) is 1. The van der Waals surface area contributed by atoms with Gasteiger partial charge in [-0.2, -0.15) is 0 Å². The molecule has 1 unspecified atom stereocenters. The minimum absolute atomic E-state index is 0.247. The van der Waals surface area contributed by atoms with Crippen molar-refractivity contribution in [2.45, 2.75) is 13.0 Å². The molecule has 0 saturated heterocycles. The summed E-state index contributed by atoms with van der Waals surface area (Å²) in [6.07, 6.45) is -0.685. The number of aliphatic hydroxyl groups excluding tert-OH is 1. The average molecular weight is 301 g/mol. The molecule has 16 heavy (non-hydrogen) atoms. The van der Waals surface area contributed by atoms with Gasteiger partial charge in [0.1, 0.15) is 11.9 Å². The van der Waals surface area contributed by atoms with Crippen LogP contribution in [0.5, 0.6) is 0 Å². The summed E-state index contributed by atoms with van der Waals surface area (Å²) in [6, 6.07) is 8.42. The van der Waals surface area contributed by atoms with Crippen molar-refractivity contribution in [1.29, 1.82) is 0 Å². The number of hydrogen-bond acceptors (Lipinski definition) is 2. The fourth-order valence-electron chi connectivity index (χ4n) is 1.48. The monoisotopic (exact) mass is 300 g/mol. The van der Waals surface area contributed by atoms with E-state index in [0.717, 1.165) is 8.66 Å². The van der Waals surface area contributed by atoms with Gasteiger partial charge < -0.3 is 5.11 Å². The smallest absolute Gasteiger partial charge is 0.126 e. The molecule has 0 aliphatic heterocycles. The first kappa shape index (κ1) is 11.8. The SMILES string of the molecule is Cc1cc(C(O)c2ccc(Br)s2)ccc1F. The summed E-state index contributed by atoms with van der Waals surface area (Å²) in [6.45, 7) is 1.69. The molecular formula is C12H10BrFOS. The van der Waals surface area contributed by atoms with Crippen LogP contribution in [0.1, 0.15) is 22.1 Å². The molecule has 2 aromatic rings. The van der Waals surface area contributed by atoms with Crippen LogP contribution in [0.25, 0.3) is 0 Å². The zero-order valence-electron chi connectivity index (χ0n) is 8.58. The van der Waals surface area contributed by atoms with Crippen LogP contribution in [0.2, 0.25) is 0 Å². The topological polar surface area (TPSA) is 20.2 Å². The van der Waals surface area contributed by atoms with E-state index in [1.54, 1.807) is 19.1 Å². The van der Waals surface area contributed by atoms with Gasteiger partial charge in [-0.15, -0.1) is 11.3 Å². The standard InChI is InChI=1S/C12H10BrFOS/c1-7-6-8(2-3-9(7)14)12(15)10-4-5-11(13)16-10/h2-6,12,15H,1H3. The molecule has 0 aliphatic rings. The van der Waals surface area contributed by atoms with Crippen LogP contribution in [-0.4, -0.2) is 5.11 Å². The van der Waals surface area contributed by atoms with Gasteiger partial charge in [-0.3, -0.25) is 0 Å². The highest BCUT2D eigenvalue weighted by atomic mass is 79.9. The quantitative estimate of drug-likeness (QED) is 0.887. The second-order valence-electron chi connectivity index (χ2n) is 3.55. The van der Waals surface area contributed by atoms with Crippen LogP contribution in [0.3, 0.4) is 0 Å². The second kappa shape index (κ2) is 4.65. The van der Waals surface area contributed by atoms with Gasteiger partial charge >= 0.3 is 0 Å². The van der Waals surface area contributed by atoms with Crippen molar-refractivity contribution in [1.82, 2.24) is 0 Å². The molecule has 0 amide bonds. The first-order valence-corrected chi connectivity index (χ1v) is 6.38. The number of halogens is 2. The predicted octanol–water partition coefficient (Wildman–Crippen LogP) is 4.04. The Balaban J connectivity index is 2.33. The lowest BCUT2D eigenvalue weighted by Gasteiger charge is -2.09. The van der Waals surface area contributed by atoms with Crippen molar-refractivity contribution >= 4 is 27.3 Å². The predicted molar refractivity (Wildman–Crippen MR) is 67.2 cm³/mol. The summed E-state index contributed by atoms with van der Waals surface area (Å²) in [5, 5.41) is 10.1. The summed E-state index contributed by atoms with van der Waals surface area (Å²) < 4.78 is 14.1. The Hall–Kier alpha value is -0.710. The van der Waals surface area contributed by atoms with Crippen LogP contribution in [-0.2, 0) is 0 Å². The molecule has 1 atom stereocenters. The molecule has 4 heteroatoms. The molecule has 1 heterocycles. The van der Waals surface area contributed by atoms with Crippen LogP contribution in [0.15, 0.2) is 34.1 Å². The van der Waals surface area contributed by atoms with Crippen LogP contribution in [0.4, 0.5) is 4.39 Å². The summed E-state index contributed by atoms with van der Waals surface area (Å²) in [5.41, 5.74) is 1.26. The Morgan fingerprint density at radius 2 is 2.06 bits per heavy atom. The zero-order valence-corrected chi connectivity index (χ0v) is 11.0. The van der Waals surface area contributed by atoms with Crippen LogP contribution < -0.4 is 0 Å². The van der Waals surface area contributed by atoms with Gasteiger partial charge in [0.05, 0.1) is 3.79 Å². The second-order valence-corrected chi connectivity index (χ2v) is 6.05. The maximum absolute atomic E-state index is 13.1. The average Bonchev–Trinajstić information content (AvgIpc) is 2.68. The Morgan fingerprint density at radius 3 is 2.62 bits per heavy atom. The Bertz CT molecular complexity index is 509. The van der Waals surface area contributed by atoms with Crippen LogP contribution >= 0.6 is 27.3 Å². The summed E-state index contributed by atoms with van der Waals surface area (Å²) in [5.74, 6) is -0.247. The highest BCUT2D eigenvalue weighted by molar-refractivity contribution is 9.11. The van der Waals surface area contributed by atoms with Gasteiger partial charge in [-0.1, -0.05) is 12.1 Å². The highest BCUT2D eigenvalue weighted by Gasteiger charge is 2.13.